The normalized spacial score (nSPS) is 15.2. The molecule has 1 amide bonds. The van der Waals surface area contributed by atoms with Crippen molar-refractivity contribution in [1.29, 1.82) is 0 Å². The van der Waals surface area contributed by atoms with Crippen molar-refractivity contribution in [2.75, 3.05) is 13.1 Å². The van der Waals surface area contributed by atoms with Crippen LogP contribution in [0.15, 0.2) is 29.1 Å². The number of amides is 1. The number of carboxylic acid groups (broad SMARTS) is 1. The molecule has 1 N–H and O–H groups in total. The molecule has 0 bridgehead atoms. The van der Waals surface area contributed by atoms with Gasteiger partial charge in [-0.2, -0.15) is 5.10 Å². The van der Waals surface area contributed by atoms with Gasteiger partial charge in [-0.15, -0.1) is 0 Å². The van der Waals surface area contributed by atoms with Crippen molar-refractivity contribution in [3.63, 3.8) is 0 Å². The molecule has 7 heteroatoms. The van der Waals surface area contributed by atoms with E-state index in [1.165, 1.54) is 4.68 Å². The average molecular weight is 371 g/mol. The molecule has 0 aliphatic carbocycles. The van der Waals surface area contributed by atoms with Gasteiger partial charge in [0.05, 0.1) is 11.3 Å². The van der Waals surface area contributed by atoms with Gasteiger partial charge in [0, 0.05) is 25.0 Å². The van der Waals surface area contributed by atoms with Crippen LogP contribution in [0.3, 0.4) is 0 Å². The van der Waals surface area contributed by atoms with Crippen molar-refractivity contribution >= 4 is 22.6 Å². The zero-order chi connectivity index (χ0) is 19.4. The number of aliphatic carboxylic acids is 1. The number of piperidine rings is 1. The van der Waals surface area contributed by atoms with E-state index in [0.717, 1.165) is 19.3 Å². The Morgan fingerprint density at radius 2 is 1.81 bits per heavy atom. The number of benzene rings is 1. The number of nitrogens with zero attached hydrogens (tertiary/aromatic N) is 3. The molecule has 1 aliphatic rings. The Kier molecular flexibility index (Phi) is 5.88. The molecule has 2 heterocycles. The van der Waals surface area contributed by atoms with Crippen LogP contribution in [-0.2, 0) is 11.3 Å². The second-order valence-electron chi connectivity index (χ2n) is 7.03. The van der Waals surface area contributed by atoms with Crippen molar-refractivity contribution in [2.45, 2.75) is 45.6 Å². The molecule has 0 unspecified atom stereocenters. The Morgan fingerprint density at radius 1 is 1.15 bits per heavy atom. The number of carbonyl (C=O) groups is 2. The Morgan fingerprint density at radius 3 is 2.44 bits per heavy atom. The number of aryl methyl sites for hydroxylation is 1. The first-order valence-electron chi connectivity index (χ1n) is 9.55. The standard InChI is InChI=1S/C20H25N3O4/c1-2-3-6-11-23-18(24)16-8-5-4-7-15(16)17(21-23)19(25)22-12-9-14(10-13-22)20(26)27/h4-5,7-8,14H,2-3,6,9-13H2,1H3,(H,26,27). The summed E-state index contributed by atoms with van der Waals surface area (Å²) in [6, 6.07) is 7.05. The molecular formula is C20H25N3O4. The first kappa shape index (κ1) is 19.1. The highest BCUT2D eigenvalue weighted by molar-refractivity contribution is 6.04. The number of carboxylic acids is 1. The maximum absolute atomic E-state index is 13.1. The maximum atomic E-state index is 13.1. The fourth-order valence-corrected chi connectivity index (χ4v) is 3.54. The number of hydrogen-bond acceptors (Lipinski definition) is 4. The molecule has 1 saturated heterocycles. The summed E-state index contributed by atoms with van der Waals surface area (Å²) in [5.41, 5.74) is 0.0957. The summed E-state index contributed by atoms with van der Waals surface area (Å²) >= 11 is 0. The molecule has 0 atom stereocenters. The van der Waals surface area contributed by atoms with E-state index in [0.29, 0.717) is 43.2 Å². The highest BCUT2D eigenvalue weighted by atomic mass is 16.4. The fourth-order valence-electron chi connectivity index (χ4n) is 3.54. The van der Waals surface area contributed by atoms with Crippen LogP contribution in [0.5, 0.6) is 0 Å². The number of rotatable bonds is 6. The van der Waals surface area contributed by atoms with E-state index in [2.05, 4.69) is 12.0 Å². The fraction of sp³-hybridized carbons (Fsp3) is 0.500. The molecule has 0 spiro atoms. The molecule has 3 rings (SSSR count). The average Bonchev–Trinajstić information content (AvgIpc) is 2.69. The lowest BCUT2D eigenvalue weighted by Gasteiger charge is -2.30. The van der Waals surface area contributed by atoms with Crippen LogP contribution in [0.1, 0.15) is 49.5 Å². The summed E-state index contributed by atoms with van der Waals surface area (Å²) in [6.45, 7) is 3.35. The Labute approximate surface area is 157 Å². The first-order chi connectivity index (χ1) is 13.0. The lowest BCUT2D eigenvalue weighted by molar-refractivity contribution is -0.143. The van der Waals surface area contributed by atoms with Crippen LogP contribution >= 0.6 is 0 Å². The van der Waals surface area contributed by atoms with Crippen molar-refractivity contribution in [3.05, 3.63) is 40.3 Å². The van der Waals surface area contributed by atoms with Crippen LogP contribution in [-0.4, -0.2) is 44.8 Å². The monoisotopic (exact) mass is 371 g/mol. The predicted molar refractivity (Wildman–Crippen MR) is 102 cm³/mol. The summed E-state index contributed by atoms with van der Waals surface area (Å²) in [7, 11) is 0. The molecule has 27 heavy (non-hydrogen) atoms. The van der Waals surface area contributed by atoms with Gasteiger partial charge in [0.15, 0.2) is 5.69 Å². The van der Waals surface area contributed by atoms with Gasteiger partial charge in [0.1, 0.15) is 0 Å². The minimum atomic E-state index is -0.810. The largest absolute Gasteiger partial charge is 0.481 e. The molecule has 0 radical (unpaired) electrons. The SMILES string of the molecule is CCCCCn1nc(C(=O)N2CCC(C(=O)O)CC2)c2ccccc2c1=O. The van der Waals surface area contributed by atoms with Gasteiger partial charge in [-0.3, -0.25) is 14.4 Å². The number of carbonyl (C=O) groups excluding carboxylic acids is 1. The molecule has 1 aliphatic heterocycles. The lowest BCUT2D eigenvalue weighted by Crippen LogP contribution is -2.41. The van der Waals surface area contributed by atoms with E-state index < -0.39 is 11.9 Å². The van der Waals surface area contributed by atoms with Gasteiger partial charge in [0.25, 0.3) is 11.5 Å². The van der Waals surface area contributed by atoms with E-state index in [4.69, 9.17) is 5.11 Å². The van der Waals surface area contributed by atoms with Crippen LogP contribution in [0, 0.1) is 5.92 Å². The number of hydrogen-bond donors (Lipinski definition) is 1. The first-order valence-corrected chi connectivity index (χ1v) is 9.55. The Balaban J connectivity index is 1.93. The highest BCUT2D eigenvalue weighted by Gasteiger charge is 2.29. The van der Waals surface area contributed by atoms with E-state index in [9.17, 15) is 14.4 Å². The van der Waals surface area contributed by atoms with E-state index >= 15 is 0 Å². The third kappa shape index (κ3) is 4.02. The maximum Gasteiger partial charge on any atom is 0.306 e. The smallest absolute Gasteiger partial charge is 0.306 e. The van der Waals surface area contributed by atoms with Crippen LogP contribution in [0.2, 0.25) is 0 Å². The Bertz CT molecular complexity index is 898. The van der Waals surface area contributed by atoms with Gasteiger partial charge in [-0.25, -0.2) is 4.68 Å². The second-order valence-corrected chi connectivity index (χ2v) is 7.03. The van der Waals surface area contributed by atoms with Gasteiger partial charge < -0.3 is 10.0 Å². The number of aromatic nitrogens is 2. The lowest BCUT2D eigenvalue weighted by atomic mass is 9.96. The number of likely N-dealkylation sites (tertiary alicyclic amines) is 1. The summed E-state index contributed by atoms with van der Waals surface area (Å²) in [4.78, 5) is 38.6. The minimum absolute atomic E-state index is 0.178. The van der Waals surface area contributed by atoms with E-state index in [-0.39, 0.29) is 17.2 Å². The highest BCUT2D eigenvalue weighted by Crippen LogP contribution is 2.21. The molecule has 1 aromatic carbocycles. The number of fused-ring (bicyclic) bond motifs is 1. The van der Waals surface area contributed by atoms with Crippen molar-refractivity contribution in [3.8, 4) is 0 Å². The van der Waals surface area contributed by atoms with Crippen molar-refractivity contribution in [1.82, 2.24) is 14.7 Å². The second kappa shape index (κ2) is 8.33. The van der Waals surface area contributed by atoms with Gasteiger partial charge in [-0.1, -0.05) is 38.0 Å². The Hall–Kier alpha value is -2.70. The van der Waals surface area contributed by atoms with Crippen LogP contribution in [0.25, 0.3) is 10.8 Å². The summed E-state index contributed by atoms with van der Waals surface area (Å²) < 4.78 is 1.40. The predicted octanol–water partition coefficient (Wildman–Crippen LogP) is 2.52. The minimum Gasteiger partial charge on any atom is -0.481 e. The molecule has 1 fully saturated rings. The van der Waals surface area contributed by atoms with Gasteiger partial charge in [0.2, 0.25) is 0 Å². The molecular weight excluding hydrogens is 346 g/mol. The summed E-state index contributed by atoms with van der Waals surface area (Å²) in [5.74, 6) is -1.45. The van der Waals surface area contributed by atoms with Gasteiger partial charge >= 0.3 is 5.97 Å². The van der Waals surface area contributed by atoms with E-state index in [1.54, 1.807) is 29.2 Å². The molecule has 7 nitrogen and oxygen atoms in total. The van der Waals surface area contributed by atoms with Crippen molar-refractivity contribution in [2.24, 2.45) is 5.92 Å². The summed E-state index contributed by atoms with van der Waals surface area (Å²) in [6.07, 6.45) is 3.74. The summed E-state index contributed by atoms with van der Waals surface area (Å²) in [5, 5.41) is 14.6. The number of unbranched alkanes of at least 4 members (excludes halogenated alkanes) is 2. The van der Waals surface area contributed by atoms with Crippen molar-refractivity contribution < 1.29 is 14.7 Å². The third-order valence-electron chi connectivity index (χ3n) is 5.18. The van der Waals surface area contributed by atoms with Crippen LogP contribution in [0.4, 0.5) is 0 Å². The molecule has 2 aromatic rings. The van der Waals surface area contributed by atoms with Crippen LogP contribution < -0.4 is 5.56 Å². The third-order valence-corrected chi connectivity index (χ3v) is 5.18. The molecule has 144 valence electrons. The van der Waals surface area contributed by atoms with Gasteiger partial charge in [-0.05, 0) is 25.3 Å². The zero-order valence-corrected chi connectivity index (χ0v) is 15.6. The molecule has 1 aromatic heterocycles. The zero-order valence-electron chi connectivity index (χ0n) is 15.6. The quantitative estimate of drug-likeness (QED) is 0.788. The van der Waals surface area contributed by atoms with E-state index in [1.807, 2.05) is 0 Å². The molecule has 0 saturated carbocycles. The topological polar surface area (TPSA) is 92.5 Å².